The molecular formula is C19H18N4O2. The first kappa shape index (κ1) is 16.7. The Morgan fingerprint density at radius 2 is 1.80 bits per heavy atom. The number of hydrogen-bond acceptors (Lipinski definition) is 5. The van der Waals surface area contributed by atoms with Crippen molar-refractivity contribution in [2.45, 2.75) is 6.54 Å². The molecule has 0 unspecified atom stereocenters. The molecule has 0 spiro atoms. The number of carbonyl (C=O) groups excluding carboxylic acids is 1. The maximum atomic E-state index is 11.4. The van der Waals surface area contributed by atoms with E-state index in [9.17, 15) is 4.79 Å². The highest BCUT2D eigenvalue weighted by atomic mass is 16.5. The number of rotatable bonds is 6. The van der Waals surface area contributed by atoms with Crippen LogP contribution in [0, 0.1) is 0 Å². The third kappa shape index (κ3) is 4.24. The fourth-order valence-electron chi connectivity index (χ4n) is 2.47. The molecule has 3 rings (SSSR count). The number of hydrogen-bond donors (Lipinski definition) is 1. The Bertz CT molecular complexity index is 836. The van der Waals surface area contributed by atoms with Crippen molar-refractivity contribution in [1.82, 2.24) is 20.3 Å². The summed E-state index contributed by atoms with van der Waals surface area (Å²) in [5, 5.41) is 2.80. The Hall–Kier alpha value is -3.12. The van der Waals surface area contributed by atoms with Gasteiger partial charge in [-0.25, -0.2) is 9.97 Å². The molecule has 1 N–H and O–H groups in total. The first-order valence-electron chi connectivity index (χ1n) is 7.83. The van der Waals surface area contributed by atoms with Crippen LogP contribution in [0.25, 0.3) is 22.4 Å². The van der Waals surface area contributed by atoms with Crippen molar-refractivity contribution >= 4 is 5.91 Å². The molecule has 2 heterocycles. The average Bonchev–Trinajstić information content (AvgIpc) is 2.68. The summed E-state index contributed by atoms with van der Waals surface area (Å²) in [7, 11) is 1.50. The van der Waals surface area contributed by atoms with Crippen LogP contribution >= 0.6 is 0 Å². The quantitative estimate of drug-likeness (QED) is 0.749. The zero-order chi connectivity index (χ0) is 17.5. The second-order valence-corrected chi connectivity index (χ2v) is 5.43. The Labute approximate surface area is 145 Å². The molecule has 0 aliphatic carbocycles. The molecule has 126 valence electrons. The van der Waals surface area contributed by atoms with Crippen LogP contribution in [0.1, 0.15) is 5.56 Å². The van der Waals surface area contributed by atoms with Gasteiger partial charge in [0.15, 0.2) is 0 Å². The van der Waals surface area contributed by atoms with Gasteiger partial charge in [0.1, 0.15) is 12.9 Å². The van der Waals surface area contributed by atoms with Gasteiger partial charge >= 0.3 is 0 Å². The summed E-state index contributed by atoms with van der Waals surface area (Å²) < 4.78 is 4.79. The van der Waals surface area contributed by atoms with Gasteiger partial charge in [0.05, 0.1) is 5.69 Å². The van der Waals surface area contributed by atoms with Crippen molar-refractivity contribution in [2.75, 3.05) is 13.7 Å². The van der Waals surface area contributed by atoms with Crippen LogP contribution in [0.5, 0.6) is 0 Å². The highest BCUT2D eigenvalue weighted by Crippen LogP contribution is 2.29. The van der Waals surface area contributed by atoms with Crippen molar-refractivity contribution in [1.29, 1.82) is 0 Å². The standard InChI is InChI=1S/C19H18N4O2/c1-25-12-18(24)22-10-14-2-4-16(5-3-14)19-17(11-21-13-23-19)15-6-8-20-9-7-15/h2-9,11,13H,10,12H2,1H3,(H,22,24). The molecule has 0 aliphatic rings. The third-order valence-corrected chi connectivity index (χ3v) is 3.70. The number of nitrogens with one attached hydrogen (secondary N) is 1. The minimum atomic E-state index is -0.137. The summed E-state index contributed by atoms with van der Waals surface area (Å²) in [6.07, 6.45) is 6.84. The molecule has 0 radical (unpaired) electrons. The summed E-state index contributed by atoms with van der Waals surface area (Å²) in [6.45, 7) is 0.526. The number of amides is 1. The molecule has 1 amide bonds. The van der Waals surface area contributed by atoms with Gasteiger partial charge in [-0.2, -0.15) is 0 Å². The van der Waals surface area contributed by atoms with Crippen LogP contribution < -0.4 is 5.32 Å². The van der Waals surface area contributed by atoms with Crippen LogP contribution in [0.4, 0.5) is 0 Å². The number of carbonyl (C=O) groups is 1. The van der Waals surface area contributed by atoms with Gasteiger partial charge in [-0.15, -0.1) is 0 Å². The van der Waals surface area contributed by atoms with Gasteiger partial charge < -0.3 is 10.1 Å². The van der Waals surface area contributed by atoms with Crippen LogP contribution in [0.15, 0.2) is 61.3 Å². The molecule has 0 aliphatic heterocycles. The normalized spacial score (nSPS) is 10.4. The molecule has 0 atom stereocenters. The Balaban J connectivity index is 1.80. The van der Waals surface area contributed by atoms with Gasteiger partial charge in [0.2, 0.25) is 5.91 Å². The molecule has 25 heavy (non-hydrogen) atoms. The number of pyridine rings is 1. The monoisotopic (exact) mass is 334 g/mol. The van der Waals surface area contributed by atoms with Crippen molar-refractivity contribution in [2.24, 2.45) is 0 Å². The van der Waals surface area contributed by atoms with E-state index in [1.807, 2.05) is 36.4 Å². The highest BCUT2D eigenvalue weighted by Gasteiger charge is 2.09. The molecule has 2 aromatic heterocycles. The van der Waals surface area contributed by atoms with E-state index < -0.39 is 0 Å². The van der Waals surface area contributed by atoms with E-state index in [1.165, 1.54) is 7.11 Å². The zero-order valence-corrected chi connectivity index (χ0v) is 13.8. The van der Waals surface area contributed by atoms with Gasteiger partial charge in [-0.1, -0.05) is 24.3 Å². The topological polar surface area (TPSA) is 77.0 Å². The lowest BCUT2D eigenvalue weighted by molar-refractivity contribution is -0.124. The average molecular weight is 334 g/mol. The van der Waals surface area contributed by atoms with Crippen molar-refractivity contribution in [3.63, 3.8) is 0 Å². The Morgan fingerprint density at radius 3 is 2.52 bits per heavy atom. The number of nitrogens with zero attached hydrogens (tertiary/aromatic N) is 3. The fraction of sp³-hybridized carbons (Fsp3) is 0.158. The minimum absolute atomic E-state index is 0.0638. The van der Waals surface area contributed by atoms with E-state index >= 15 is 0 Å². The van der Waals surface area contributed by atoms with Crippen molar-refractivity contribution < 1.29 is 9.53 Å². The van der Waals surface area contributed by atoms with E-state index in [2.05, 4.69) is 20.3 Å². The lowest BCUT2D eigenvalue weighted by Gasteiger charge is -2.09. The smallest absolute Gasteiger partial charge is 0.246 e. The first-order valence-corrected chi connectivity index (χ1v) is 7.83. The molecule has 3 aromatic rings. The van der Waals surface area contributed by atoms with Crippen LogP contribution in [-0.2, 0) is 16.1 Å². The molecule has 6 heteroatoms. The maximum Gasteiger partial charge on any atom is 0.246 e. The largest absolute Gasteiger partial charge is 0.375 e. The SMILES string of the molecule is COCC(=O)NCc1ccc(-c2ncncc2-c2ccncc2)cc1. The van der Waals surface area contributed by atoms with E-state index in [-0.39, 0.29) is 12.5 Å². The lowest BCUT2D eigenvalue weighted by Crippen LogP contribution is -2.26. The third-order valence-electron chi connectivity index (χ3n) is 3.70. The highest BCUT2D eigenvalue weighted by molar-refractivity contribution is 5.80. The maximum absolute atomic E-state index is 11.4. The summed E-state index contributed by atoms with van der Waals surface area (Å²) in [6, 6.07) is 11.8. The summed E-state index contributed by atoms with van der Waals surface area (Å²) in [5.41, 5.74) is 4.82. The second kappa shape index (κ2) is 8.12. The molecule has 0 saturated carbocycles. The van der Waals surface area contributed by atoms with Crippen LogP contribution in [0.2, 0.25) is 0 Å². The predicted molar refractivity (Wildman–Crippen MR) is 94.4 cm³/mol. The number of ether oxygens (including phenoxy) is 1. The van der Waals surface area contributed by atoms with Gasteiger partial charge in [0, 0.05) is 43.4 Å². The van der Waals surface area contributed by atoms with E-state index in [1.54, 1.807) is 24.9 Å². The Kier molecular flexibility index (Phi) is 5.43. The second-order valence-electron chi connectivity index (χ2n) is 5.43. The van der Waals surface area contributed by atoms with Gasteiger partial charge in [-0.05, 0) is 23.3 Å². The lowest BCUT2D eigenvalue weighted by atomic mass is 10.0. The molecule has 0 bridgehead atoms. The fourth-order valence-corrected chi connectivity index (χ4v) is 2.47. The molecular weight excluding hydrogens is 316 g/mol. The summed E-state index contributed by atoms with van der Waals surface area (Å²) in [4.78, 5) is 24.1. The summed E-state index contributed by atoms with van der Waals surface area (Å²) in [5.74, 6) is -0.137. The van der Waals surface area contributed by atoms with Gasteiger partial charge in [-0.3, -0.25) is 9.78 Å². The van der Waals surface area contributed by atoms with E-state index in [4.69, 9.17) is 4.74 Å². The van der Waals surface area contributed by atoms with E-state index in [0.717, 1.165) is 27.9 Å². The van der Waals surface area contributed by atoms with E-state index in [0.29, 0.717) is 6.54 Å². The minimum Gasteiger partial charge on any atom is -0.375 e. The molecule has 0 fully saturated rings. The molecule has 6 nitrogen and oxygen atoms in total. The Morgan fingerprint density at radius 1 is 1.04 bits per heavy atom. The zero-order valence-electron chi connectivity index (χ0n) is 13.8. The van der Waals surface area contributed by atoms with Crippen LogP contribution in [-0.4, -0.2) is 34.6 Å². The van der Waals surface area contributed by atoms with Crippen molar-refractivity contribution in [3.05, 3.63) is 66.9 Å². The molecule has 0 saturated heterocycles. The number of methoxy groups -OCH3 is 1. The molecule has 1 aromatic carbocycles. The van der Waals surface area contributed by atoms with Crippen LogP contribution in [0.3, 0.4) is 0 Å². The van der Waals surface area contributed by atoms with Gasteiger partial charge in [0.25, 0.3) is 0 Å². The summed E-state index contributed by atoms with van der Waals surface area (Å²) >= 11 is 0. The number of benzene rings is 1. The first-order chi connectivity index (χ1) is 12.3. The number of aromatic nitrogens is 3. The van der Waals surface area contributed by atoms with Crippen molar-refractivity contribution in [3.8, 4) is 22.4 Å². The predicted octanol–water partition coefficient (Wildman–Crippen LogP) is 2.47.